The van der Waals surface area contributed by atoms with Crippen LogP contribution in [0.3, 0.4) is 0 Å². The smallest absolute Gasteiger partial charge is 0.369 e. The maximum Gasteiger partial charge on any atom is 0.389 e. The number of hydrogen-bond donors (Lipinski definition) is 3. The van der Waals surface area contributed by atoms with Crippen LogP contribution in [0.15, 0.2) is 30.3 Å². The average Bonchev–Trinajstić information content (AvgIpc) is 3.49. The van der Waals surface area contributed by atoms with Crippen LogP contribution in [0, 0.1) is 12.8 Å². The van der Waals surface area contributed by atoms with E-state index in [2.05, 4.69) is 10.6 Å². The summed E-state index contributed by atoms with van der Waals surface area (Å²) in [4.78, 5) is 33.3. The minimum Gasteiger partial charge on any atom is -0.369 e. The Balaban J connectivity index is 1.40. The van der Waals surface area contributed by atoms with Gasteiger partial charge in [-0.3, -0.25) is 9.69 Å². The molecule has 1 aromatic carbocycles. The Bertz CT molecular complexity index is 1230. The molecular weight excluding hydrogens is 513 g/mol. The van der Waals surface area contributed by atoms with E-state index in [9.17, 15) is 22.8 Å². The number of carbonyl (C=O) groups is 2. The number of aromatic nitrogens is 1. The lowest BCUT2D eigenvalue weighted by atomic mass is 9.98. The zero-order valence-electron chi connectivity index (χ0n) is 21.8. The number of halogens is 3. The van der Waals surface area contributed by atoms with E-state index >= 15 is 0 Å². The number of urea groups is 1. The zero-order valence-corrected chi connectivity index (χ0v) is 21.8. The van der Waals surface area contributed by atoms with E-state index in [1.54, 1.807) is 11.0 Å². The van der Waals surface area contributed by atoms with E-state index in [4.69, 9.17) is 15.5 Å². The zero-order chi connectivity index (χ0) is 27.7. The number of alkyl halides is 3. The molecule has 3 aliphatic heterocycles. The molecule has 3 fully saturated rings. The number of nitrogens with zero attached hydrogens (tertiary/aromatic N) is 3. The molecule has 4 N–H and O–H groups in total. The van der Waals surface area contributed by atoms with Gasteiger partial charge in [0.1, 0.15) is 11.9 Å². The summed E-state index contributed by atoms with van der Waals surface area (Å²) in [5.74, 6) is -0.180. The lowest BCUT2D eigenvalue weighted by Gasteiger charge is -2.25. The van der Waals surface area contributed by atoms with Crippen LogP contribution in [0.5, 0.6) is 0 Å². The predicted molar refractivity (Wildman–Crippen MR) is 140 cm³/mol. The number of aryl methyl sites for hydroxylation is 1. The Hall–Kier alpha value is -3.22. The van der Waals surface area contributed by atoms with Crippen LogP contribution in [-0.4, -0.2) is 73.4 Å². The highest BCUT2D eigenvalue weighted by Gasteiger charge is 2.36. The van der Waals surface area contributed by atoms with Gasteiger partial charge < -0.3 is 26.0 Å². The lowest BCUT2D eigenvalue weighted by molar-refractivity contribution is -0.143. The quantitative estimate of drug-likeness (QED) is 0.529. The number of ether oxygens (including phenoxy) is 1. The first-order valence-electron chi connectivity index (χ1n) is 13.2. The number of benzene rings is 1. The van der Waals surface area contributed by atoms with Crippen molar-refractivity contribution in [3.05, 3.63) is 41.6 Å². The number of nitrogens with two attached hydrogens (primary N) is 1. The van der Waals surface area contributed by atoms with Crippen LogP contribution in [0.2, 0.25) is 0 Å². The molecule has 210 valence electrons. The van der Waals surface area contributed by atoms with Crippen molar-refractivity contribution in [3.8, 4) is 11.1 Å². The number of hydrogen-bond acceptors (Lipinski definition) is 6. The molecule has 3 atom stereocenters. The fourth-order valence-electron chi connectivity index (χ4n) is 5.43. The van der Waals surface area contributed by atoms with Gasteiger partial charge in [0.15, 0.2) is 0 Å². The van der Waals surface area contributed by atoms with E-state index in [-0.39, 0.29) is 37.6 Å². The first-order chi connectivity index (χ1) is 18.6. The molecule has 0 spiro atoms. The molecule has 0 bridgehead atoms. The van der Waals surface area contributed by atoms with Crippen LogP contribution in [0.4, 0.5) is 29.5 Å². The Labute approximate surface area is 224 Å². The number of carbonyl (C=O) groups excluding carboxylic acids is 2. The highest BCUT2D eigenvalue weighted by atomic mass is 19.4. The van der Waals surface area contributed by atoms with Crippen molar-refractivity contribution in [2.45, 2.75) is 44.5 Å². The third-order valence-corrected chi connectivity index (χ3v) is 7.41. The van der Waals surface area contributed by atoms with E-state index in [0.717, 1.165) is 23.2 Å². The summed E-state index contributed by atoms with van der Waals surface area (Å²) in [6.07, 6.45) is -4.83. The van der Waals surface area contributed by atoms with E-state index in [1.165, 1.54) is 4.90 Å². The molecule has 5 rings (SSSR count). The third-order valence-electron chi connectivity index (χ3n) is 7.41. The monoisotopic (exact) mass is 546 g/mol. The molecule has 39 heavy (non-hydrogen) atoms. The van der Waals surface area contributed by atoms with Crippen LogP contribution in [0.1, 0.15) is 36.6 Å². The van der Waals surface area contributed by atoms with Crippen molar-refractivity contribution >= 4 is 23.4 Å². The number of morpholine rings is 1. The highest BCUT2D eigenvalue weighted by molar-refractivity contribution is 5.96. The predicted octanol–water partition coefficient (Wildman–Crippen LogP) is 3.59. The standard InChI is InChI=1S/C27H33F3N6O3/c1-16-2-3-20(33-26(38)35-6-4-17(14-35)12-27(28,29)30)11-21(16)18-8-22(23-13-32-5-7-39-23)34-24(9-18)36-15-19(31)10-25(36)37/h2-3,8-9,11,17,19,23,32H,4-7,10,12-15,31H2,1H3,(H,33,38)/t17-,19+,23?/m0/s1. The van der Waals surface area contributed by atoms with Crippen molar-refractivity contribution in [2.75, 3.05) is 49.5 Å². The van der Waals surface area contributed by atoms with Crippen LogP contribution >= 0.6 is 0 Å². The largest absolute Gasteiger partial charge is 0.389 e. The van der Waals surface area contributed by atoms with Crippen LogP contribution in [-0.2, 0) is 9.53 Å². The average molecular weight is 547 g/mol. The van der Waals surface area contributed by atoms with Gasteiger partial charge >= 0.3 is 12.2 Å². The highest BCUT2D eigenvalue weighted by Crippen LogP contribution is 2.34. The van der Waals surface area contributed by atoms with Crippen molar-refractivity contribution in [1.29, 1.82) is 0 Å². The number of likely N-dealkylation sites (tertiary alicyclic amines) is 1. The number of rotatable bonds is 5. The minimum absolute atomic E-state index is 0.0720. The summed E-state index contributed by atoms with van der Waals surface area (Å²) in [5, 5.41) is 6.14. The molecule has 9 nitrogen and oxygen atoms in total. The summed E-state index contributed by atoms with van der Waals surface area (Å²) < 4.78 is 44.3. The first-order valence-corrected chi connectivity index (χ1v) is 13.2. The van der Waals surface area contributed by atoms with Crippen LogP contribution in [0.25, 0.3) is 11.1 Å². The Morgan fingerprint density at radius 2 is 2.08 bits per heavy atom. The molecule has 0 saturated carbocycles. The van der Waals surface area contributed by atoms with Crippen molar-refractivity contribution in [3.63, 3.8) is 0 Å². The molecular formula is C27H33F3N6O3. The number of anilines is 2. The van der Waals surface area contributed by atoms with Gasteiger partial charge in [-0.15, -0.1) is 0 Å². The Morgan fingerprint density at radius 1 is 1.26 bits per heavy atom. The summed E-state index contributed by atoms with van der Waals surface area (Å²) in [7, 11) is 0. The molecule has 4 heterocycles. The second kappa shape index (κ2) is 11.1. The SMILES string of the molecule is Cc1ccc(NC(=O)N2CC[C@@H](CC(F)(F)F)C2)cc1-c1cc(C2CNCCO2)nc(N2C[C@H](N)CC2=O)c1. The second-order valence-electron chi connectivity index (χ2n) is 10.6. The fraction of sp³-hybridized carbons (Fsp3) is 0.519. The van der Waals surface area contributed by atoms with Gasteiger partial charge in [-0.2, -0.15) is 13.2 Å². The Kier molecular flexibility index (Phi) is 7.79. The molecule has 2 aromatic rings. The number of nitrogens with one attached hydrogen (secondary N) is 2. The van der Waals surface area contributed by atoms with Crippen molar-refractivity contribution in [1.82, 2.24) is 15.2 Å². The maximum atomic E-state index is 12.9. The minimum atomic E-state index is -4.24. The van der Waals surface area contributed by atoms with Gasteiger partial charge in [-0.1, -0.05) is 6.07 Å². The summed E-state index contributed by atoms with van der Waals surface area (Å²) in [6, 6.07) is 8.54. The van der Waals surface area contributed by atoms with Crippen LogP contribution < -0.4 is 21.3 Å². The number of pyridine rings is 1. The maximum absolute atomic E-state index is 12.9. The van der Waals surface area contributed by atoms with E-state index in [0.29, 0.717) is 43.3 Å². The van der Waals surface area contributed by atoms with E-state index < -0.39 is 24.5 Å². The molecule has 3 aliphatic rings. The molecule has 1 unspecified atom stereocenters. The number of amides is 3. The summed E-state index contributed by atoms with van der Waals surface area (Å²) in [6.45, 7) is 4.55. The summed E-state index contributed by atoms with van der Waals surface area (Å²) >= 11 is 0. The molecule has 3 saturated heterocycles. The molecule has 0 radical (unpaired) electrons. The van der Waals surface area contributed by atoms with Gasteiger partial charge in [0.05, 0.1) is 12.3 Å². The fourth-order valence-corrected chi connectivity index (χ4v) is 5.43. The molecule has 12 heteroatoms. The van der Waals surface area contributed by atoms with E-state index in [1.807, 2.05) is 31.2 Å². The van der Waals surface area contributed by atoms with Crippen molar-refractivity contribution in [2.24, 2.45) is 11.7 Å². The summed E-state index contributed by atoms with van der Waals surface area (Å²) in [5.41, 5.74) is 9.82. The van der Waals surface area contributed by atoms with Crippen molar-refractivity contribution < 1.29 is 27.5 Å². The Morgan fingerprint density at radius 3 is 2.77 bits per heavy atom. The van der Waals surface area contributed by atoms with Gasteiger partial charge in [-0.25, -0.2) is 9.78 Å². The van der Waals surface area contributed by atoms with Gasteiger partial charge in [-0.05, 0) is 60.2 Å². The molecule has 1 aromatic heterocycles. The molecule has 3 amide bonds. The lowest BCUT2D eigenvalue weighted by Crippen LogP contribution is -2.34. The normalized spacial score (nSPS) is 23.9. The van der Waals surface area contributed by atoms with Gasteiger partial charge in [0, 0.05) is 57.3 Å². The second-order valence-corrected chi connectivity index (χ2v) is 10.6. The topological polar surface area (TPSA) is 113 Å². The first kappa shape index (κ1) is 27.4. The van der Waals surface area contributed by atoms with Gasteiger partial charge in [0.2, 0.25) is 5.91 Å². The molecule has 0 aliphatic carbocycles. The van der Waals surface area contributed by atoms with Gasteiger partial charge in [0.25, 0.3) is 0 Å². The third kappa shape index (κ3) is 6.51.